The first kappa shape index (κ1) is 29.2. The number of allylic oxidation sites excluding steroid dienone is 3. The molecule has 0 aromatic heterocycles. The Morgan fingerprint density at radius 2 is 1.87 bits per heavy atom. The lowest BCUT2D eigenvalue weighted by atomic mass is 9.92. The van der Waals surface area contributed by atoms with E-state index in [0.717, 1.165) is 30.4 Å². The Labute approximate surface area is 218 Å². The smallest absolute Gasteiger partial charge is 0.417 e. The van der Waals surface area contributed by atoms with Gasteiger partial charge in [-0.25, -0.2) is 17.5 Å². The molecule has 2 aromatic carbocycles. The molecule has 3 unspecified atom stereocenters. The molecule has 3 rings (SSSR count). The van der Waals surface area contributed by atoms with Crippen molar-refractivity contribution >= 4 is 32.7 Å². The molecule has 2 N–H and O–H groups in total. The van der Waals surface area contributed by atoms with Crippen LogP contribution in [0.2, 0.25) is 0 Å². The van der Waals surface area contributed by atoms with Crippen LogP contribution in [0.5, 0.6) is 0 Å². The molecule has 0 saturated carbocycles. The van der Waals surface area contributed by atoms with Crippen LogP contribution in [0.3, 0.4) is 0 Å². The van der Waals surface area contributed by atoms with Gasteiger partial charge >= 0.3 is 6.18 Å². The largest absolute Gasteiger partial charge is 0.760 e. The Balaban J connectivity index is 2.09. The summed E-state index contributed by atoms with van der Waals surface area (Å²) in [5, 5.41) is 11.2. The minimum atomic E-state index is -4.95. The lowest BCUT2D eigenvalue weighted by Crippen LogP contribution is -2.61. The van der Waals surface area contributed by atoms with Crippen molar-refractivity contribution in [1.29, 1.82) is 5.26 Å². The molecule has 0 radical (unpaired) electrons. The SMILES string of the molecule is N#Cc1ccc(NC(=O)C(Cc2ccccc2)(CS(=O)(=O)C2=CCC(F)C=C2)NS(=O)[O-])cc1C(F)(F)F. The van der Waals surface area contributed by atoms with Gasteiger partial charge in [0.2, 0.25) is 5.91 Å². The molecule has 0 spiro atoms. The van der Waals surface area contributed by atoms with Gasteiger partial charge in [0.15, 0.2) is 9.84 Å². The van der Waals surface area contributed by atoms with E-state index < -0.39 is 73.9 Å². The number of anilines is 1. The third-order valence-electron chi connectivity index (χ3n) is 5.57. The minimum absolute atomic E-state index is 0.255. The molecular formula is C24H20F4N3O5S2-. The maximum Gasteiger partial charge on any atom is 0.417 e. The van der Waals surface area contributed by atoms with Gasteiger partial charge < -0.3 is 9.87 Å². The lowest BCUT2D eigenvalue weighted by Gasteiger charge is -2.34. The number of benzene rings is 2. The molecule has 0 heterocycles. The van der Waals surface area contributed by atoms with Crippen molar-refractivity contribution in [3.63, 3.8) is 0 Å². The number of halogens is 4. The summed E-state index contributed by atoms with van der Waals surface area (Å²) >= 11 is -3.20. The second-order valence-electron chi connectivity index (χ2n) is 8.38. The summed E-state index contributed by atoms with van der Waals surface area (Å²) in [4.78, 5) is 13.2. The zero-order chi connectivity index (χ0) is 28.1. The quantitative estimate of drug-likeness (QED) is 0.350. The number of amides is 1. The molecule has 202 valence electrons. The zero-order valence-electron chi connectivity index (χ0n) is 19.4. The standard InChI is InChI=1S/C24H21F4N3O5S2/c25-18-7-10-20(11-8-18)38(35,36)15-23(31-37(33)34,13-16-4-2-1-3-5-16)22(32)30-19-9-6-17(14-29)21(12-19)24(26,27)28/h1-7,9-12,18,31H,8,13,15H2,(H,30,32)(H,33,34)/p-1. The highest BCUT2D eigenvalue weighted by atomic mass is 32.2. The van der Waals surface area contributed by atoms with Gasteiger partial charge in [-0.3, -0.25) is 9.00 Å². The van der Waals surface area contributed by atoms with Crippen LogP contribution in [-0.2, 0) is 38.5 Å². The number of nitrogens with zero attached hydrogens (tertiary/aromatic N) is 1. The molecule has 0 aliphatic heterocycles. The van der Waals surface area contributed by atoms with E-state index in [-0.39, 0.29) is 11.3 Å². The number of nitriles is 1. The van der Waals surface area contributed by atoms with Gasteiger partial charge in [-0.15, -0.1) is 0 Å². The van der Waals surface area contributed by atoms with E-state index in [2.05, 4.69) is 5.32 Å². The van der Waals surface area contributed by atoms with Gasteiger partial charge in [0.1, 0.15) is 11.7 Å². The minimum Gasteiger partial charge on any atom is -0.760 e. The fourth-order valence-corrected chi connectivity index (χ4v) is 6.23. The fourth-order valence-electron chi connectivity index (χ4n) is 3.83. The number of carbonyl (C=O) groups is 1. The van der Waals surface area contributed by atoms with Crippen LogP contribution in [0.15, 0.2) is 71.7 Å². The normalized spacial score (nSPS) is 18.1. The Morgan fingerprint density at radius 3 is 2.42 bits per heavy atom. The van der Waals surface area contributed by atoms with Crippen molar-refractivity contribution in [1.82, 2.24) is 4.72 Å². The van der Waals surface area contributed by atoms with Gasteiger partial charge in [-0.1, -0.05) is 36.4 Å². The highest BCUT2D eigenvalue weighted by Gasteiger charge is 2.44. The molecule has 0 bridgehead atoms. The first-order valence-corrected chi connectivity index (χ1v) is 13.6. The summed E-state index contributed by atoms with van der Waals surface area (Å²) in [6, 6.07) is 11.4. The Morgan fingerprint density at radius 1 is 1.18 bits per heavy atom. The number of hydrogen-bond donors (Lipinski definition) is 2. The number of hydrogen-bond acceptors (Lipinski definition) is 6. The molecule has 2 aromatic rings. The lowest BCUT2D eigenvalue weighted by molar-refractivity contribution is -0.137. The van der Waals surface area contributed by atoms with Crippen molar-refractivity contribution in [2.24, 2.45) is 0 Å². The monoisotopic (exact) mass is 570 g/mol. The van der Waals surface area contributed by atoms with Crippen LogP contribution in [0, 0.1) is 11.3 Å². The summed E-state index contributed by atoms with van der Waals surface area (Å²) < 4.78 is 106. The first-order chi connectivity index (χ1) is 17.8. The third kappa shape index (κ3) is 7.13. The van der Waals surface area contributed by atoms with Crippen molar-refractivity contribution < 1.29 is 39.5 Å². The van der Waals surface area contributed by atoms with Crippen molar-refractivity contribution in [2.45, 2.75) is 30.7 Å². The van der Waals surface area contributed by atoms with E-state index in [0.29, 0.717) is 11.6 Å². The molecule has 1 aliphatic rings. The summed E-state index contributed by atoms with van der Waals surface area (Å²) in [5.41, 5.74) is -4.61. The van der Waals surface area contributed by atoms with E-state index in [1.54, 1.807) is 18.2 Å². The highest BCUT2D eigenvalue weighted by molar-refractivity contribution is 7.95. The molecule has 1 aliphatic carbocycles. The second kappa shape index (κ2) is 11.6. The van der Waals surface area contributed by atoms with Crippen LogP contribution in [0.1, 0.15) is 23.1 Å². The third-order valence-corrected chi connectivity index (χ3v) is 8.03. The molecule has 3 atom stereocenters. The van der Waals surface area contributed by atoms with Crippen LogP contribution in [-0.4, -0.2) is 40.6 Å². The van der Waals surface area contributed by atoms with Gasteiger partial charge in [-0.05, 0) is 35.9 Å². The van der Waals surface area contributed by atoms with Crippen LogP contribution >= 0.6 is 0 Å². The van der Waals surface area contributed by atoms with E-state index >= 15 is 0 Å². The number of carbonyl (C=O) groups excluding carboxylic acids is 1. The number of rotatable bonds is 9. The van der Waals surface area contributed by atoms with Crippen LogP contribution < -0.4 is 10.0 Å². The summed E-state index contributed by atoms with van der Waals surface area (Å²) in [6.07, 6.45) is -4.03. The molecule has 38 heavy (non-hydrogen) atoms. The molecule has 0 fully saturated rings. The fraction of sp³-hybridized carbons (Fsp3) is 0.250. The van der Waals surface area contributed by atoms with Crippen molar-refractivity contribution in [3.05, 3.63) is 88.4 Å². The molecule has 14 heteroatoms. The highest BCUT2D eigenvalue weighted by Crippen LogP contribution is 2.34. The molecule has 0 saturated heterocycles. The van der Waals surface area contributed by atoms with Crippen LogP contribution in [0.4, 0.5) is 23.2 Å². The van der Waals surface area contributed by atoms with E-state index in [9.17, 15) is 39.5 Å². The van der Waals surface area contributed by atoms with Gasteiger partial charge in [0.05, 0.1) is 27.9 Å². The van der Waals surface area contributed by atoms with Crippen molar-refractivity contribution in [2.75, 3.05) is 11.1 Å². The van der Waals surface area contributed by atoms with Gasteiger partial charge in [-0.2, -0.15) is 18.4 Å². The number of alkyl halides is 4. The van der Waals surface area contributed by atoms with E-state index in [1.165, 1.54) is 18.2 Å². The van der Waals surface area contributed by atoms with Gasteiger partial charge in [0.25, 0.3) is 0 Å². The van der Waals surface area contributed by atoms with Crippen LogP contribution in [0.25, 0.3) is 0 Å². The maximum absolute atomic E-state index is 13.5. The predicted octanol–water partition coefficient (Wildman–Crippen LogP) is 3.48. The second-order valence-corrected chi connectivity index (χ2v) is 11.0. The maximum atomic E-state index is 13.5. The first-order valence-electron chi connectivity index (χ1n) is 10.8. The number of nitrogens with one attached hydrogen (secondary N) is 2. The molecule has 8 nitrogen and oxygen atoms in total. The number of sulfone groups is 1. The Kier molecular flexibility index (Phi) is 8.88. The Bertz CT molecular complexity index is 1440. The van der Waals surface area contributed by atoms with Crippen molar-refractivity contribution in [3.8, 4) is 6.07 Å². The predicted molar refractivity (Wildman–Crippen MR) is 130 cm³/mol. The molecular weight excluding hydrogens is 550 g/mol. The van der Waals surface area contributed by atoms with E-state index in [1.807, 2.05) is 4.72 Å². The summed E-state index contributed by atoms with van der Waals surface area (Å²) in [6.45, 7) is 0. The summed E-state index contributed by atoms with van der Waals surface area (Å²) in [5.74, 6) is -2.40. The molecule has 1 amide bonds. The Hall–Kier alpha value is -3.38. The van der Waals surface area contributed by atoms with E-state index in [4.69, 9.17) is 5.26 Å². The average molecular weight is 571 g/mol. The topological polar surface area (TPSA) is 139 Å². The summed E-state index contributed by atoms with van der Waals surface area (Å²) in [7, 11) is -4.42. The van der Waals surface area contributed by atoms with Gasteiger partial charge in [0, 0.05) is 29.8 Å². The average Bonchev–Trinajstić information content (AvgIpc) is 2.83. The zero-order valence-corrected chi connectivity index (χ0v) is 21.0.